The Kier molecular flexibility index (Phi) is 4.34. The zero-order valence-corrected chi connectivity index (χ0v) is 12.2. The number of hydrogen-bond acceptors (Lipinski definition) is 6. The Hall–Kier alpha value is -2.41. The summed E-state index contributed by atoms with van der Waals surface area (Å²) in [6.07, 6.45) is 2.03. The van der Waals surface area contributed by atoms with E-state index in [-0.39, 0.29) is 23.7 Å². The molecule has 116 valence electrons. The lowest BCUT2D eigenvalue weighted by atomic mass is 10.1. The van der Waals surface area contributed by atoms with E-state index in [1.807, 2.05) is 12.1 Å². The molecule has 0 radical (unpaired) electrons. The lowest BCUT2D eigenvalue weighted by Gasteiger charge is -2.31. The second kappa shape index (κ2) is 6.57. The molecule has 7 nitrogen and oxygen atoms in total. The lowest BCUT2D eigenvalue weighted by molar-refractivity contribution is -0.0153. The number of carbonyl (C=O) groups excluding carboxylic acids is 1. The van der Waals surface area contributed by atoms with E-state index < -0.39 is 0 Å². The molecule has 3 heterocycles. The van der Waals surface area contributed by atoms with Crippen molar-refractivity contribution < 1.29 is 18.8 Å². The quantitative estimate of drug-likeness (QED) is 0.917. The summed E-state index contributed by atoms with van der Waals surface area (Å²) in [4.78, 5) is 16.3. The summed E-state index contributed by atoms with van der Waals surface area (Å²) in [5, 5.41) is 6.64. The van der Waals surface area contributed by atoms with Crippen LogP contribution in [0.5, 0.6) is 5.88 Å². The van der Waals surface area contributed by atoms with Crippen LogP contribution in [-0.4, -0.2) is 41.4 Å². The number of aromatic nitrogens is 2. The van der Waals surface area contributed by atoms with Gasteiger partial charge in [-0.3, -0.25) is 4.79 Å². The molecule has 2 atom stereocenters. The minimum absolute atomic E-state index is 0.166. The molecule has 0 spiro atoms. The van der Waals surface area contributed by atoms with Gasteiger partial charge in [0.2, 0.25) is 5.88 Å². The average molecular weight is 303 g/mol. The Morgan fingerprint density at radius 2 is 2.36 bits per heavy atom. The molecular weight excluding hydrogens is 286 g/mol. The van der Waals surface area contributed by atoms with Crippen LogP contribution in [-0.2, 0) is 4.74 Å². The van der Waals surface area contributed by atoms with Crippen molar-refractivity contribution in [3.63, 3.8) is 0 Å². The molecule has 0 unspecified atom stereocenters. The molecule has 1 fully saturated rings. The summed E-state index contributed by atoms with van der Waals surface area (Å²) in [7, 11) is 0. The van der Waals surface area contributed by atoms with Gasteiger partial charge in [0, 0.05) is 24.9 Å². The van der Waals surface area contributed by atoms with Crippen LogP contribution < -0.4 is 10.1 Å². The van der Waals surface area contributed by atoms with Gasteiger partial charge in [-0.25, -0.2) is 4.98 Å². The number of aryl methyl sites for hydroxylation is 1. The number of hydrogen-bond donors (Lipinski definition) is 1. The van der Waals surface area contributed by atoms with Crippen LogP contribution in [0.4, 0.5) is 0 Å². The van der Waals surface area contributed by atoms with Crippen LogP contribution in [0, 0.1) is 6.92 Å². The molecule has 3 rings (SSSR count). The number of amides is 1. The van der Waals surface area contributed by atoms with Gasteiger partial charge in [0.15, 0.2) is 5.69 Å². The third kappa shape index (κ3) is 3.43. The summed E-state index contributed by atoms with van der Waals surface area (Å²) in [6.45, 7) is 2.72. The summed E-state index contributed by atoms with van der Waals surface area (Å²) >= 11 is 0. The maximum atomic E-state index is 12.2. The Bertz CT molecular complexity index is 629. The third-order valence-electron chi connectivity index (χ3n) is 3.39. The summed E-state index contributed by atoms with van der Waals surface area (Å²) in [6, 6.07) is 6.87. The largest absolute Gasteiger partial charge is 0.470 e. The molecule has 2 aromatic heterocycles. The van der Waals surface area contributed by atoms with Gasteiger partial charge >= 0.3 is 0 Å². The van der Waals surface area contributed by atoms with Gasteiger partial charge in [0.1, 0.15) is 11.9 Å². The maximum Gasteiger partial charge on any atom is 0.273 e. The van der Waals surface area contributed by atoms with Crippen LogP contribution in [0.3, 0.4) is 0 Å². The van der Waals surface area contributed by atoms with Gasteiger partial charge in [-0.05, 0) is 19.4 Å². The Labute approximate surface area is 127 Å². The minimum atomic E-state index is -0.291. The van der Waals surface area contributed by atoms with Crippen molar-refractivity contribution in [2.75, 3.05) is 13.2 Å². The van der Waals surface area contributed by atoms with Gasteiger partial charge in [-0.1, -0.05) is 11.2 Å². The smallest absolute Gasteiger partial charge is 0.273 e. The van der Waals surface area contributed by atoms with Crippen LogP contribution in [0.25, 0.3) is 0 Å². The molecular formula is C15H17N3O4. The number of carbonyl (C=O) groups is 1. The van der Waals surface area contributed by atoms with Gasteiger partial charge in [0.25, 0.3) is 5.91 Å². The van der Waals surface area contributed by atoms with Crippen molar-refractivity contribution in [2.45, 2.75) is 25.5 Å². The topological polar surface area (TPSA) is 86.5 Å². The highest BCUT2D eigenvalue weighted by Crippen LogP contribution is 2.16. The van der Waals surface area contributed by atoms with Crippen LogP contribution in [0.2, 0.25) is 0 Å². The van der Waals surface area contributed by atoms with E-state index in [1.165, 1.54) is 0 Å². The molecule has 1 N–H and O–H groups in total. The summed E-state index contributed by atoms with van der Waals surface area (Å²) in [5.41, 5.74) is 0.264. The first kappa shape index (κ1) is 14.5. The second-order valence-electron chi connectivity index (χ2n) is 5.09. The first-order valence-electron chi connectivity index (χ1n) is 7.12. The van der Waals surface area contributed by atoms with Crippen LogP contribution in [0.15, 0.2) is 35.0 Å². The number of nitrogens with one attached hydrogen (secondary N) is 1. The third-order valence-corrected chi connectivity index (χ3v) is 3.39. The van der Waals surface area contributed by atoms with Crippen LogP contribution in [0.1, 0.15) is 22.7 Å². The van der Waals surface area contributed by atoms with Crippen molar-refractivity contribution in [1.82, 2.24) is 15.5 Å². The van der Waals surface area contributed by atoms with Crippen molar-refractivity contribution in [1.29, 1.82) is 0 Å². The molecule has 1 saturated heterocycles. The van der Waals surface area contributed by atoms with E-state index in [1.54, 1.807) is 25.3 Å². The number of rotatable bonds is 4. The zero-order chi connectivity index (χ0) is 15.4. The molecule has 0 bridgehead atoms. The molecule has 7 heteroatoms. The summed E-state index contributed by atoms with van der Waals surface area (Å²) < 4.78 is 16.2. The summed E-state index contributed by atoms with van der Waals surface area (Å²) in [5.74, 6) is 0.825. The molecule has 0 aliphatic carbocycles. The number of ether oxygens (including phenoxy) is 2. The lowest BCUT2D eigenvalue weighted by Crippen LogP contribution is -2.51. The van der Waals surface area contributed by atoms with Crippen molar-refractivity contribution in [3.05, 3.63) is 41.9 Å². The first-order valence-corrected chi connectivity index (χ1v) is 7.12. The van der Waals surface area contributed by atoms with Crippen molar-refractivity contribution in [2.24, 2.45) is 0 Å². The van der Waals surface area contributed by atoms with Gasteiger partial charge in [-0.15, -0.1) is 0 Å². The van der Waals surface area contributed by atoms with Gasteiger partial charge in [-0.2, -0.15) is 0 Å². The van der Waals surface area contributed by atoms with E-state index in [0.717, 1.165) is 0 Å². The molecule has 1 aliphatic rings. The van der Waals surface area contributed by atoms with E-state index in [9.17, 15) is 4.79 Å². The van der Waals surface area contributed by atoms with Crippen molar-refractivity contribution >= 4 is 5.91 Å². The predicted molar refractivity (Wildman–Crippen MR) is 76.6 cm³/mol. The van der Waals surface area contributed by atoms with Crippen molar-refractivity contribution in [3.8, 4) is 5.88 Å². The van der Waals surface area contributed by atoms with Gasteiger partial charge in [0.05, 0.1) is 12.6 Å². The van der Waals surface area contributed by atoms with E-state index >= 15 is 0 Å². The normalized spacial score (nSPS) is 21.3. The highest BCUT2D eigenvalue weighted by atomic mass is 16.5. The molecule has 1 amide bonds. The Morgan fingerprint density at radius 3 is 3.09 bits per heavy atom. The molecule has 2 aromatic rings. The number of pyridine rings is 1. The fraction of sp³-hybridized carbons (Fsp3) is 0.400. The monoisotopic (exact) mass is 303 g/mol. The van der Waals surface area contributed by atoms with E-state index in [2.05, 4.69) is 15.5 Å². The minimum Gasteiger partial charge on any atom is -0.470 e. The Morgan fingerprint density at radius 1 is 1.45 bits per heavy atom. The van der Waals surface area contributed by atoms with E-state index in [0.29, 0.717) is 31.3 Å². The standard InChI is InChI=1S/C15H17N3O4/c1-10-8-12(18-22-10)15(19)17-11-5-7-20-9-13(11)21-14-4-2-3-6-16-14/h2-4,6,8,11,13H,5,7,9H2,1H3,(H,17,19)/t11-,13-/m1/s1. The van der Waals surface area contributed by atoms with Gasteiger partial charge < -0.3 is 19.3 Å². The molecule has 0 aromatic carbocycles. The first-order chi connectivity index (χ1) is 10.7. The highest BCUT2D eigenvalue weighted by molar-refractivity contribution is 5.92. The maximum absolute atomic E-state index is 12.2. The molecule has 0 saturated carbocycles. The average Bonchev–Trinajstić information content (AvgIpc) is 2.97. The molecule has 22 heavy (non-hydrogen) atoms. The zero-order valence-electron chi connectivity index (χ0n) is 12.2. The highest BCUT2D eigenvalue weighted by Gasteiger charge is 2.30. The predicted octanol–water partition coefficient (Wildman–Crippen LogP) is 1.34. The van der Waals surface area contributed by atoms with Crippen LogP contribution >= 0.6 is 0 Å². The molecule has 1 aliphatic heterocycles. The number of nitrogens with zero attached hydrogens (tertiary/aromatic N) is 2. The fourth-order valence-corrected chi connectivity index (χ4v) is 2.28. The SMILES string of the molecule is Cc1cc(C(=O)N[C@@H]2CCOC[C@H]2Oc2ccccn2)no1. The second-order valence-corrected chi connectivity index (χ2v) is 5.09. The Balaban J connectivity index is 1.66. The van der Waals surface area contributed by atoms with E-state index in [4.69, 9.17) is 14.0 Å². The fourth-order valence-electron chi connectivity index (χ4n) is 2.28.